The Morgan fingerprint density at radius 3 is 2.21 bits per heavy atom. The lowest BCUT2D eigenvalue weighted by molar-refractivity contribution is -0.116. The Hall–Kier alpha value is -3.41. The molecular weight excluding hydrogens is 352 g/mol. The fourth-order valence-corrected chi connectivity index (χ4v) is 2.73. The summed E-state index contributed by atoms with van der Waals surface area (Å²) in [5.74, 6) is 1.91. The summed E-state index contributed by atoms with van der Waals surface area (Å²) in [4.78, 5) is 12.0. The predicted molar refractivity (Wildman–Crippen MR) is 111 cm³/mol. The maximum atomic E-state index is 12.0. The van der Waals surface area contributed by atoms with Crippen LogP contribution in [0.1, 0.15) is 17.5 Å². The molecule has 144 valence electrons. The third-order valence-corrected chi connectivity index (χ3v) is 4.29. The summed E-state index contributed by atoms with van der Waals surface area (Å²) in [6.45, 7) is 0.740. The maximum Gasteiger partial charge on any atom is 0.225 e. The molecule has 0 unspecified atom stereocenters. The number of rotatable bonds is 9. The molecule has 0 spiro atoms. The Kier molecular flexibility index (Phi) is 6.95. The minimum atomic E-state index is -0.0710. The molecule has 1 heterocycles. The molecule has 2 N–H and O–H groups in total. The summed E-state index contributed by atoms with van der Waals surface area (Å²) >= 11 is 0. The van der Waals surface area contributed by atoms with Gasteiger partial charge in [-0.25, -0.2) is 0 Å². The molecule has 3 aromatic rings. The third-order valence-electron chi connectivity index (χ3n) is 4.29. The highest BCUT2D eigenvalue weighted by Crippen LogP contribution is 2.12. The van der Waals surface area contributed by atoms with Crippen molar-refractivity contribution in [3.63, 3.8) is 0 Å². The fourth-order valence-electron chi connectivity index (χ4n) is 2.73. The monoisotopic (exact) mass is 376 g/mol. The van der Waals surface area contributed by atoms with Crippen LogP contribution < -0.4 is 15.4 Å². The van der Waals surface area contributed by atoms with E-state index >= 15 is 0 Å². The predicted octanol–water partition coefficient (Wildman–Crippen LogP) is 3.71. The molecule has 28 heavy (non-hydrogen) atoms. The van der Waals surface area contributed by atoms with Gasteiger partial charge in [-0.2, -0.15) is 0 Å². The minimum absolute atomic E-state index is 0.0710. The maximum absolute atomic E-state index is 12.0. The number of benzene rings is 2. The van der Waals surface area contributed by atoms with E-state index in [2.05, 4.69) is 20.8 Å². The average Bonchev–Trinajstić information content (AvgIpc) is 2.75. The van der Waals surface area contributed by atoms with Gasteiger partial charge < -0.3 is 15.4 Å². The summed E-state index contributed by atoms with van der Waals surface area (Å²) in [6, 6.07) is 21.5. The topological polar surface area (TPSA) is 76.1 Å². The van der Waals surface area contributed by atoms with Crippen LogP contribution in [0.4, 0.5) is 11.6 Å². The second-order valence-corrected chi connectivity index (χ2v) is 6.36. The lowest BCUT2D eigenvalue weighted by Crippen LogP contribution is -2.14. The summed E-state index contributed by atoms with van der Waals surface area (Å²) in [5, 5.41) is 14.2. The molecule has 0 fully saturated rings. The molecular formula is C22H24N4O2. The zero-order valence-electron chi connectivity index (χ0n) is 15.9. The molecule has 0 aliphatic heterocycles. The van der Waals surface area contributed by atoms with Gasteiger partial charge in [-0.1, -0.05) is 42.5 Å². The van der Waals surface area contributed by atoms with Gasteiger partial charge in [-0.05, 0) is 48.2 Å². The van der Waals surface area contributed by atoms with E-state index in [0.29, 0.717) is 24.5 Å². The number of amides is 1. The highest BCUT2D eigenvalue weighted by Gasteiger charge is 2.05. The number of anilines is 2. The number of carbonyl (C=O) groups is 1. The molecule has 3 rings (SSSR count). The first-order chi connectivity index (χ1) is 13.7. The van der Waals surface area contributed by atoms with Crippen LogP contribution in [-0.4, -0.2) is 29.8 Å². The van der Waals surface area contributed by atoms with Gasteiger partial charge >= 0.3 is 0 Å². The molecule has 0 bridgehead atoms. The smallest absolute Gasteiger partial charge is 0.225 e. The summed E-state index contributed by atoms with van der Waals surface area (Å²) in [6.07, 6.45) is 1.97. The van der Waals surface area contributed by atoms with E-state index in [1.54, 1.807) is 13.2 Å². The number of aryl methyl sites for hydroxylation is 1. The molecule has 2 aromatic carbocycles. The van der Waals surface area contributed by atoms with Crippen LogP contribution in [0.25, 0.3) is 0 Å². The Balaban J connectivity index is 1.40. The first-order valence-corrected chi connectivity index (χ1v) is 9.27. The third kappa shape index (κ3) is 6.09. The number of nitrogens with one attached hydrogen (secondary N) is 2. The SMILES string of the molecule is COc1ccc(CCNc2ccc(NC(=O)CCc3ccccc3)nn2)cc1. The largest absolute Gasteiger partial charge is 0.497 e. The quantitative estimate of drug-likeness (QED) is 0.595. The summed E-state index contributed by atoms with van der Waals surface area (Å²) in [7, 11) is 1.66. The molecule has 0 aliphatic rings. The van der Waals surface area contributed by atoms with Crippen LogP contribution in [0.15, 0.2) is 66.7 Å². The Bertz CT molecular complexity index is 865. The van der Waals surface area contributed by atoms with Crippen molar-refractivity contribution in [3.8, 4) is 5.75 Å². The number of aromatic nitrogens is 2. The van der Waals surface area contributed by atoms with Crippen molar-refractivity contribution in [1.29, 1.82) is 0 Å². The number of carbonyl (C=O) groups excluding carboxylic acids is 1. The van der Waals surface area contributed by atoms with Gasteiger partial charge in [0.15, 0.2) is 5.82 Å². The highest BCUT2D eigenvalue weighted by molar-refractivity contribution is 5.89. The summed E-state index contributed by atoms with van der Waals surface area (Å²) in [5.41, 5.74) is 2.35. The van der Waals surface area contributed by atoms with Gasteiger partial charge in [-0.3, -0.25) is 4.79 Å². The molecule has 1 aromatic heterocycles. The van der Waals surface area contributed by atoms with Crippen LogP contribution in [0, 0.1) is 0 Å². The minimum Gasteiger partial charge on any atom is -0.497 e. The fraction of sp³-hybridized carbons (Fsp3) is 0.227. The highest BCUT2D eigenvalue weighted by atomic mass is 16.5. The van der Waals surface area contributed by atoms with Crippen molar-refractivity contribution in [3.05, 3.63) is 77.9 Å². The van der Waals surface area contributed by atoms with Gasteiger partial charge in [0.25, 0.3) is 0 Å². The van der Waals surface area contributed by atoms with Crippen molar-refractivity contribution in [2.75, 3.05) is 24.3 Å². The second kappa shape index (κ2) is 10.1. The standard InChI is InChI=1S/C22H24N4O2/c1-28-19-10-7-18(8-11-19)15-16-23-20-12-13-21(26-25-20)24-22(27)14-9-17-5-3-2-4-6-17/h2-8,10-13H,9,14-16H2,1H3,(H,23,25)(H,24,26,27). The molecule has 6 heteroatoms. The van der Waals surface area contributed by atoms with Crippen molar-refractivity contribution < 1.29 is 9.53 Å². The number of hydrogen-bond donors (Lipinski definition) is 2. The van der Waals surface area contributed by atoms with E-state index < -0.39 is 0 Å². The van der Waals surface area contributed by atoms with Gasteiger partial charge in [0, 0.05) is 13.0 Å². The Labute approximate surface area is 165 Å². The first-order valence-electron chi connectivity index (χ1n) is 9.27. The molecule has 6 nitrogen and oxygen atoms in total. The van der Waals surface area contributed by atoms with Crippen LogP contribution >= 0.6 is 0 Å². The number of nitrogens with zero attached hydrogens (tertiary/aromatic N) is 2. The van der Waals surface area contributed by atoms with Gasteiger partial charge in [0.1, 0.15) is 11.6 Å². The van der Waals surface area contributed by atoms with Gasteiger partial charge in [0.05, 0.1) is 7.11 Å². The summed E-state index contributed by atoms with van der Waals surface area (Å²) < 4.78 is 5.16. The zero-order valence-corrected chi connectivity index (χ0v) is 15.9. The first kappa shape index (κ1) is 19.4. The van der Waals surface area contributed by atoms with Crippen molar-refractivity contribution >= 4 is 17.5 Å². The van der Waals surface area contributed by atoms with E-state index in [1.807, 2.05) is 60.7 Å². The van der Waals surface area contributed by atoms with E-state index in [1.165, 1.54) is 5.56 Å². The van der Waals surface area contributed by atoms with E-state index in [-0.39, 0.29) is 5.91 Å². The lowest BCUT2D eigenvalue weighted by Gasteiger charge is -2.07. The van der Waals surface area contributed by atoms with Crippen molar-refractivity contribution in [1.82, 2.24) is 10.2 Å². The zero-order chi connectivity index (χ0) is 19.6. The average molecular weight is 376 g/mol. The van der Waals surface area contributed by atoms with Crippen LogP contribution in [0.3, 0.4) is 0 Å². The molecule has 0 atom stereocenters. The molecule has 0 aliphatic carbocycles. The van der Waals surface area contributed by atoms with Gasteiger partial charge in [0.2, 0.25) is 5.91 Å². The van der Waals surface area contributed by atoms with Crippen molar-refractivity contribution in [2.45, 2.75) is 19.3 Å². The number of hydrogen-bond acceptors (Lipinski definition) is 5. The normalized spacial score (nSPS) is 10.3. The molecule has 0 radical (unpaired) electrons. The second-order valence-electron chi connectivity index (χ2n) is 6.36. The van der Waals surface area contributed by atoms with Crippen LogP contribution in [0.5, 0.6) is 5.75 Å². The Morgan fingerprint density at radius 1 is 0.857 bits per heavy atom. The van der Waals surface area contributed by atoms with Gasteiger partial charge in [-0.15, -0.1) is 10.2 Å². The Morgan fingerprint density at radius 2 is 1.54 bits per heavy atom. The molecule has 0 saturated heterocycles. The van der Waals surface area contributed by atoms with Crippen molar-refractivity contribution in [2.24, 2.45) is 0 Å². The molecule has 0 saturated carbocycles. The van der Waals surface area contributed by atoms with Crippen LogP contribution in [0.2, 0.25) is 0 Å². The molecule has 1 amide bonds. The van der Waals surface area contributed by atoms with E-state index in [4.69, 9.17) is 4.74 Å². The van der Waals surface area contributed by atoms with E-state index in [0.717, 1.165) is 24.3 Å². The number of ether oxygens (including phenoxy) is 1. The van der Waals surface area contributed by atoms with E-state index in [9.17, 15) is 4.79 Å². The lowest BCUT2D eigenvalue weighted by atomic mass is 10.1. The van der Waals surface area contributed by atoms with Crippen LogP contribution in [-0.2, 0) is 17.6 Å². The number of methoxy groups -OCH3 is 1.